The number of ether oxygens (including phenoxy) is 1. The number of aromatic nitrogens is 4. The van der Waals surface area contributed by atoms with E-state index in [4.69, 9.17) is 4.74 Å². The van der Waals surface area contributed by atoms with E-state index in [0.717, 1.165) is 47.0 Å². The van der Waals surface area contributed by atoms with Crippen molar-refractivity contribution >= 4 is 27.4 Å². The number of aryl methyl sites for hydroxylation is 2. The molecule has 120 valence electrons. The van der Waals surface area contributed by atoms with Crippen molar-refractivity contribution in [2.75, 3.05) is 18.6 Å². The molecule has 0 aliphatic carbocycles. The zero-order valence-corrected chi connectivity index (χ0v) is 14.3. The Kier molecular flexibility index (Phi) is 3.45. The molecule has 4 rings (SSSR count). The molecule has 1 fully saturated rings. The van der Waals surface area contributed by atoms with Gasteiger partial charge in [0.15, 0.2) is 0 Å². The molecule has 1 aliphatic heterocycles. The van der Waals surface area contributed by atoms with E-state index in [1.165, 1.54) is 5.56 Å². The number of rotatable bonds is 3. The van der Waals surface area contributed by atoms with E-state index in [1.807, 2.05) is 11.7 Å². The highest BCUT2D eigenvalue weighted by atomic mass is 32.1. The first-order valence-electron chi connectivity index (χ1n) is 7.73. The van der Waals surface area contributed by atoms with Crippen molar-refractivity contribution in [3.05, 3.63) is 29.0 Å². The number of methoxy groups -OCH3 is 1. The molecule has 3 aromatic rings. The lowest BCUT2D eigenvalue weighted by atomic mass is 10.0. The lowest BCUT2D eigenvalue weighted by Gasteiger charge is -2.26. The van der Waals surface area contributed by atoms with Gasteiger partial charge < -0.3 is 9.64 Å². The summed E-state index contributed by atoms with van der Waals surface area (Å²) in [6.07, 6.45) is 3.88. The monoisotopic (exact) mass is 329 g/mol. The topological polar surface area (TPSA) is 56.1 Å². The van der Waals surface area contributed by atoms with E-state index in [2.05, 4.69) is 38.3 Å². The molecule has 0 aromatic carbocycles. The Morgan fingerprint density at radius 1 is 1.35 bits per heavy atom. The largest absolute Gasteiger partial charge is 0.481 e. The van der Waals surface area contributed by atoms with Crippen molar-refractivity contribution in [3.63, 3.8) is 0 Å². The second-order valence-corrected chi connectivity index (χ2v) is 6.71. The zero-order valence-electron chi connectivity index (χ0n) is 13.5. The van der Waals surface area contributed by atoms with Crippen molar-refractivity contribution in [2.45, 2.75) is 25.8 Å². The second kappa shape index (κ2) is 5.49. The molecule has 1 saturated heterocycles. The standard InChI is InChI=1S/C16H19N5OS/c1-10-13(16(22-3)20(2)19-10)12-5-4-7-21(12)14-11-6-8-23-15(11)18-9-17-14/h6,8-9,12H,4-5,7H2,1-3H3/t12-/m1/s1. The molecule has 0 radical (unpaired) electrons. The SMILES string of the molecule is COc1c([C@H]2CCCN2c2ncnc3sccc23)c(C)nn1C. The fourth-order valence-corrected chi connectivity index (χ4v) is 4.33. The molecule has 7 heteroatoms. The molecule has 1 aliphatic rings. The Morgan fingerprint density at radius 3 is 3.04 bits per heavy atom. The summed E-state index contributed by atoms with van der Waals surface area (Å²) >= 11 is 1.65. The minimum atomic E-state index is 0.247. The Labute approximate surface area is 138 Å². The van der Waals surface area contributed by atoms with E-state index < -0.39 is 0 Å². The lowest BCUT2D eigenvalue weighted by molar-refractivity contribution is 0.366. The van der Waals surface area contributed by atoms with Crippen LogP contribution in [-0.2, 0) is 7.05 Å². The highest BCUT2D eigenvalue weighted by Gasteiger charge is 2.33. The average molecular weight is 329 g/mol. The van der Waals surface area contributed by atoms with Crippen LogP contribution in [0.2, 0.25) is 0 Å². The van der Waals surface area contributed by atoms with Crippen molar-refractivity contribution in [2.24, 2.45) is 7.05 Å². The molecule has 1 atom stereocenters. The number of anilines is 1. The van der Waals surface area contributed by atoms with Gasteiger partial charge in [-0.3, -0.25) is 0 Å². The molecule has 23 heavy (non-hydrogen) atoms. The normalized spacial score (nSPS) is 18.0. The van der Waals surface area contributed by atoms with Gasteiger partial charge in [-0.15, -0.1) is 11.3 Å². The van der Waals surface area contributed by atoms with E-state index in [9.17, 15) is 0 Å². The molecule has 3 aromatic heterocycles. The van der Waals surface area contributed by atoms with Gasteiger partial charge in [-0.1, -0.05) is 0 Å². The first-order valence-corrected chi connectivity index (χ1v) is 8.61. The number of hydrogen-bond acceptors (Lipinski definition) is 6. The van der Waals surface area contributed by atoms with Crippen LogP contribution in [-0.4, -0.2) is 33.4 Å². The molecule has 0 bridgehead atoms. The second-order valence-electron chi connectivity index (χ2n) is 5.82. The predicted molar refractivity (Wildman–Crippen MR) is 91.2 cm³/mol. The van der Waals surface area contributed by atoms with Crippen LogP contribution in [0.4, 0.5) is 5.82 Å². The van der Waals surface area contributed by atoms with Crippen LogP contribution in [0, 0.1) is 6.92 Å². The number of thiophene rings is 1. The molecule has 0 N–H and O–H groups in total. The zero-order chi connectivity index (χ0) is 16.0. The molecule has 0 saturated carbocycles. The fraction of sp³-hybridized carbons (Fsp3) is 0.438. The van der Waals surface area contributed by atoms with Gasteiger partial charge in [0, 0.05) is 13.6 Å². The van der Waals surface area contributed by atoms with Crippen molar-refractivity contribution < 1.29 is 4.74 Å². The summed E-state index contributed by atoms with van der Waals surface area (Å²) in [4.78, 5) is 12.4. The molecule has 0 unspecified atom stereocenters. The van der Waals surface area contributed by atoms with Crippen LogP contribution in [0.1, 0.15) is 30.1 Å². The molecule has 0 spiro atoms. The Morgan fingerprint density at radius 2 is 2.22 bits per heavy atom. The van der Waals surface area contributed by atoms with Crippen LogP contribution in [0.3, 0.4) is 0 Å². The highest BCUT2D eigenvalue weighted by Crippen LogP contribution is 2.42. The summed E-state index contributed by atoms with van der Waals surface area (Å²) in [6, 6.07) is 2.36. The Bertz CT molecular complexity index is 855. The first-order chi connectivity index (χ1) is 11.2. The smallest absolute Gasteiger partial charge is 0.216 e. The van der Waals surface area contributed by atoms with Crippen molar-refractivity contribution in [3.8, 4) is 5.88 Å². The van der Waals surface area contributed by atoms with Crippen LogP contribution >= 0.6 is 11.3 Å². The minimum Gasteiger partial charge on any atom is -0.481 e. The molecular formula is C16H19N5OS. The van der Waals surface area contributed by atoms with Crippen LogP contribution in [0.25, 0.3) is 10.2 Å². The molecular weight excluding hydrogens is 310 g/mol. The maximum atomic E-state index is 5.61. The number of hydrogen-bond donors (Lipinski definition) is 0. The molecule has 6 nitrogen and oxygen atoms in total. The Hall–Kier alpha value is -2.15. The van der Waals surface area contributed by atoms with Gasteiger partial charge >= 0.3 is 0 Å². The van der Waals surface area contributed by atoms with Crippen LogP contribution in [0.15, 0.2) is 17.8 Å². The maximum absolute atomic E-state index is 5.61. The first kappa shape index (κ1) is 14.4. The minimum absolute atomic E-state index is 0.247. The third kappa shape index (κ3) is 2.18. The Balaban J connectivity index is 1.83. The fourth-order valence-electron chi connectivity index (χ4n) is 3.61. The van der Waals surface area contributed by atoms with Gasteiger partial charge in [-0.25, -0.2) is 14.6 Å². The molecule has 4 heterocycles. The van der Waals surface area contributed by atoms with E-state index in [0.29, 0.717) is 0 Å². The maximum Gasteiger partial charge on any atom is 0.216 e. The number of nitrogens with zero attached hydrogens (tertiary/aromatic N) is 5. The van der Waals surface area contributed by atoms with Crippen LogP contribution in [0.5, 0.6) is 5.88 Å². The lowest BCUT2D eigenvalue weighted by Crippen LogP contribution is -2.24. The predicted octanol–water partition coefficient (Wildman–Crippen LogP) is 3.08. The summed E-state index contributed by atoms with van der Waals surface area (Å²) in [7, 11) is 3.64. The van der Waals surface area contributed by atoms with Gasteiger partial charge in [-0.2, -0.15) is 5.10 Å². The van der Waals surface area contributed by atoms with Gasteiger partial charge in [0.25, 0.3) is 0 Å². The van der Waals surface area contributed by atoms with E-state index in [1.54, 1.807) is 24.8 Å². The van der Waals surface area contributed by atoms with Crippen LogP contribution < -0.4 is 9.64 Å². The summed E-state index contributed by atoms with van der Waals surface area (Å²) < 4.78 is 7.43. The van der Waals surface area contributed by atoms with Gasteiger partial charge in [0.1, 0.15) is 17.0 Å². The summed E-state index contributed by atoms with van der Waals surface area (Å²) in [6.45, 7) is 3.04. The van der Waals surface area contributed by atoms with Crippen molar-refractivity contribution in [1.82, 2.24) is 19.7 Å². The van der Waals surface area contributed by atoms with Gasteiger partial charge in [-0.05, 0) is 31.2 Å². The van der Waals surface area contributed by atoms with Crippen molar-refractivity contribution in [1.29, 1.82) is 0 Å². The van der Waals surface area contributed by atoms with Gasteiger partial charge in [0.2, 0.25) is 5.88 Å². The summed E-state index contributed by atoms with van der Waals surface area (Å²) in [5.41, 5.74) is 2.20. The summed E-state index contributed by atoms with van der Waals surface area (Å²) in [5, 5.41) is 7.74. The third-order valence-electron chi connectivity index (χ3n) is 4.51. The van der Waals surface area contributed by atoms with E-state index >= 15 is 0 Å². The van der Waals surface area contributed by atoms with Gasteiger partial charge in [0.05, 0.1) is 29.8 Å². The van der Waals surface area contributed by atoms with E-state index in [-0.39, 0.29) is 6.04 Å². The number of fused-ring (bicyclic) bond motifs is 1. The third-order valence-corrected chi connectivity index (χ3v) is 5.33. The highest BCUT2D eigenvalue weighted by molar-refractivity contribution is 7.16. The summed E-state index contributed by atoms with van der Waals surface area (Å²) in [5.74, 6) is 1.86. The average Bonchev–Trinajstić information content (AvgIpc) is 3.24. The molecule has 0 amide bonds. The quantitative estimate of drug-likeness (QED) is 0.739.